The van der Waals surface area contributed by atoms with Crippen molar-refractivity contribution < 1.29 is 23.1 Å². The van der Waals surface area contributed by atoms with E-state index in [1.165, 1.54) is 4.90 Å². The van der Waals surface area contributed by atoms with Crippen molar-refractivity contribution in [3.8, 4) is 5.75 Å². The summed E-state index contributed by atoms with van der Waals surface area (Å²) in [6.07, 6.45) is 1.33. The van der Waals surface area contributed by atoms with Crippen molar-refractivity contribution in [2.75, 3.05) is 19.7 Å². The molecule has 1 heterocycles. The van der Waals surface area contributed by atoms with Gasteiger partial charge in [0.25, 0.3) is 5.91 Å². The van der Waals surface area contributed by atoms with Gasteiger partial charge in [0, 0.05) is 31.0 Å². The molecule has 1 aliphatic rings. The number of likely N-dealkylation sites (tertiary alicyclic amines) is 1. The van der Waals surface area contributed by atoms with Crippen LogP contribution in [0.15, 0.2) is 48.5 Å². The topological polar surface area (TPSA) is 72.6 Å². The van der Waals surface area contributed by atoms with Gasteiger partial charge in [0.2, 0.25) is 5.91 Å². The Labute approximate surface area is 162 Å². The van der Waals surface area contributed by atoms with Gasteiger partial charge in [0.15, 0.2) is 0 Å². The molecular formula is C21H22F2N2O3. The molecular weight excluding hydrogens is 366 g/mol. The largest absolute Gasteiger partial charge is 0.493 e. The Morgan fingerprint density at radius 2 is 1.89 bits per heavy atom. The van der Waals surface area contributed by atoms with Crippen LogP contribution in [0.25, 0.3) is 0 Å². The standard InChI is InChI=1S/C21H22F2N2O3/c22-15-7-8-17(18(23)11-15)20(27)25-10-4-9-21(13-25,12-19(24)26)14-28-16-5-2-1-3-6-16/h1-3,5-8,11H,4,9-10,12-14H2,(H2,24,26)/t21-/m0/s1. The van der Waals surface area contributed by atoms with Crippen molar-refractivity contribution in [1.82, 2.24) is 4.90 Å². The smallest absolute Gasteiger partial charge is 0.256 e. The number of carbonyl (C=O) groups excluding carboxylic acids is 2. The fourth-order valence-corrected chi connectivity index (χ4v) is 3.65. The summed E-state index contributed by atoms with van der Waals surface area (Å²) in [4.78, 5) is 26.0. The lowest BCUT2D eigenvalue weighted by Gasteiger charge is -2.42. The van der Waals surface area contributed by atoms with Crippen molar-refractivity contribution in [2.24, 2.45) is 11.1 Å². The number of nitrogens with two attached hydrogens (primary N) is 1. The Hall–Kier alpha value is -2.96. The first kappa shape index (κ1) is 19.8. The first-order chi connectivity index (χ1) is 13.4. The molecule has 0 unspecified atom stereocenters. The summed E-state index contributed by atoms with van der Waals surface area (Å²) >= 11 is 0. The van der Waals surface area contributed by atoms with E-state index in [-0.39, 0.29) is 25.1 Å². The number of amides is 2. The van der Waals surface area contributed by atoms with Crippen LogP contribution in [0.5, 0.6) is 5.75 Å². The lowest BCUT2D eigenvalue weighted by molar-refractivity contribution is -0.122. The number of nitrogens with zero attached hydrogens (tertiary/aromatic N) is 1. The third kappa shape index (κ3) is 4.65. The zero-order valence-corrected chi connectivity index (χ0v) is 15.4. The molecule has 2 N–H and O–H groups in total. The average Bonchev–Trinajstić information content (AvgIpc) is 2.66. The van der Waals surface area contributed by atoms with Gasteiger partial charge >= 0.3 is 0 Å². The average molecular weight is 388 g/mol. The highest BCUT2D eigenvalue weighted by Crippen LogP contribution is 2.35. The molecule has 2 amide bonds. The highest BCUT2D eigenvalue weighted by Gasteiger charge is 2.40. The molecule has 3 rings (SSSR count). The number of carbonyl (C=O) groups is 2. The summed E-state index contributed by atoms with van der Waals surface area (Å²) in [5.41, 5.74) is 4.60. The fourth-order valence-electron chi connectivity index (χ4n) is 3.65. The third-order valence-corrected chi connectivity index (χ3v) is 4.95. The number of halogens is 2. The van der Waals surface area contributed by atoms with Gasteiger partial charge < -0.3 is 15.4 Å². The minimum Gasteiger partial charge on any atom is -0.493 e. The van der Waals surface area contributed by atoms with Crippen LogP contribution in [-0.2, 0) is 4.79 Å². The van der Waals surface area contributed by atoms with E-state index in [4.69, 9.17) is 10.5 Å². The Balaban J connectivity index is 1.79. The van der Waals surface area contributed by atoms with Gasteiger partial charge in [-0.2, -0.15) is 0 Å². The predicted molar refractivity (Wildman–Crippen MR) is 99.7 cm³/mol. The second-order valence-corrected chi connectivity index (χ2v) is 7.20. The molecule has 0 aromatic heterocycles. The first-order valence-corrected chi connectivity index (χ1v) is 9.09. The maximum atomic E-state index is 14.0. The number of benzene rings is 2. The lowest BCUT2D eigenvalue weighted by Crippen LogP contribution is -2.50. The first-order valence-electron chi connectivity index (χ1n) is 9.09. The summed E-state index contributed by atoms with van der Waals surface area (Å²) in [5, 5.41) is 0. The molecule has 1 aliphatic heterocycles. The van der Waals surface area contributed by atoms with E-state index >= 15 is 0 Å². The van der Waals surface area contributed by atoms with Gasteiger partial charge in [-0.15, -0.1) is 0 Å². The number of para-hydroxylation sites is 1. The van der Waals surface area contributed by atoms with Crippen LogP contribution in [0.3, 0.4) is 0 Å². The predicted octanol–water partition coefficient (Wildman–Crippen LogP) is 3.14. The lowest BCUT2D eigenvalue weighted by atomic mass is 9.77. The van der Waals surface area contributed by atoms with Gasteiger partial charge in [-0.05, 0) is 37.1 Å². The molecule has 1 atom stereocenters. The Bertz CT molecular complexity index is 860. The van der Waals surface area contributed by atoms with Gasteiger partial charge in [-0.1, -0.05) is 18.2 Å². The zero-order valence-electron chi connectivity index (χ0n) is 15.4. The van der Waals surface area contributed by atoms with Crippen LogP contribution in [0.4, 0.5) is 8.78 Å². The summed E-state index contributed by atoms with van der Waals surface area (Å²) in [6.45, 7) is 0.829. The molecule has 2 aromatic rings. The van der Waals surface area contributed by atoms with E-state index in [1.54, 1.807) is 12.1 Å². The molecule has 5 nitrogen and oxygen atoms in total. The van der Waals surface area contributed by atoms with Crippen LogP contribution in [0.1, 0.15) is 29.6 Å². The van der Waals surface area contributed by atoms with Gasteiger partial charge in [0.05, 0.1) is 12.2 Å². The van der Waals surface area contributed by atoms with E-state index in [2.05, 4.69) is 0 Å². The second-order valence-electron chi connectivity index (χ2n) is 7.20. The number of rotatable bonds is 6. The molecule has 7 heteroatoms. The molecule has 1 fully saturated rings. The van der Waals surface area contributed by atoms with Gasteiger partial charge in [-0.25, -0.2) is 8.78 Å². The van der Waals surface area contributed by atoms with Crippen LogP contribution in [-0.4, -0.2) is 36.4 Å². The van der Waals surface area contributed by atoms with Crippen molar-refractivity contribution in [3.05, 3.63) is 65.7 Å². The van der Waals surface area contributed by atoms with Crippen LogP contribution < -0.4 is 10.5 Å². The molecule has 148 valence electrons. The zero-order chi connectivity index (χ0) is 20.1. The van der Waals surface area contributed by atoms with E-state index in [0.717, 1.165) is 12.1 Å². The van der Waals surface area contributed by atoms with E-state index < -0.39 is 28.9 Å². The van der Waals surface area contributed by atoms with Crippen LogP contribution in [0, 0.1) is 17.0 Å². The van der Waals surface area contributed by atoms with E-state index in [9.17, 15) is 18.4 Å². The van der Waals surface area contributed by atoms with Gasteiger partial charge in [-0.3, -0.25) is 9.59 Å². The maximum absolute atomic E-state index is 14.0. The summed E-state index contributed by atoms with van der Waals surface area (Å²) < 4.78 is 33.0. The normalized spacial score (nSPS) is 19.3. The summed E-state index contributed by atoms with van der Waals surface area (Å²) in [7, 11) is 0. The van der Waals surface area contributed by atoms with E-state index in [1.807, 2.05) is 18.2 Å². The Morgan fingerprint density at radius 1 is 1.14 bits per heavy atom. The molecule has 1 saturated heterocycles. The number of hydrogen-bond donors (Lipinski definition) is 1. The van der Waals surface area contributed by atoms with Crippen molar-refractivity contribution >= 4 is 11.8 Å². The number of primary amides is 1. The van der Waals surface area contributed by atoms with Crippen molar-refractivity contribution in [2.45, 2.75) is 19.3 Å². The highest BCUT2D eigenvalue weighted by molar-refractivity contribution is 5.94. The minimum atomic E-state index is -0.906. The fraction of sp³-hybridized carbons (Fsp3) is 0.333. The van der Waals surface area contributed by atoms with Crippen molar-refractivity contribution in [3.63, 3.8) is 0 Å². The molecule has 0 saturated carbocycles. The molecule has 0 aliphatic carbocycles. The van der Waals surface area contributed by atoms with Crippen LogP contribution in [0.2, 0.25) is 0 Å². The summed E-state index contributed by atoms with van der Waals surface area (Å²) in [5.74, 6) is -2.02. The van der Waals surface area contributed by atoms with Crippen LogP contribution >= 0.6 is 0 Å². The maximum Gasteiger partial charge on any atom is 0.256 e. The number of piperidine rings is 1. The molecule has 0 bridgehead atoms. The summed E-state index contributed by atoms with van der Waals surface area (Å²) in [6, 6.07) is 12.0. The SMILES string of the molecule is NC(=O)C[C@@]1(COc2ccccc2)CCCN(C(=O)c2ccc(F)cc2F)C1. The number of ether oxygens (including phenoxy) is 1. The van der Waals surface area contributed by atoms with Crippen molar-refractivity contribution in [1.29, 1.82) is 0 Å². The monoisotopic (exact) mass is 388 g/mol. The third-order valence-electron chi connectivity index (χ3n) is 4.95. The Morgan fingerprint density at radius 3 is 2.57 bits per heavy atom. The molecule has 2 aromatic carbocycles. The Kier molecular flexibility index (Phi) is 5.92. The second kappa shape index (κ2) is 8.37. The highest BCUT2D eigenvalue weighted by atomic mass is 19.1. The molecule has 0 radical (unpaired) electrons. The quantitative estimate of drug-likeness (QED) is 0.826. The molecule has 28 heavy (non-hydrogen) atoms. The molecule has 0 spiro atoms. The van der Waals surface area contributed by atoms with Gasteiger partial charge in [0.1, 0.15) is 17.4 Å². The number of hydrogen-bond acceptors (Lipinski definition) is 3. The minimum absolute atomic E-state index is 0.0511. The van der Waals surface area contributed by atoms with E-state index in [0.29, 0.717) is 31.2 Å².